The van der Waals surface area contributed by atoms with Crippen LogP contribution in [0.15, 0.2) is 30.3 Å². The van der Waals surface area contributed by atoms with Crippen LogP contribution >= 0.6 is 0 Å². The molecule has 1 aromatic heterocycles. The summed E-state index contributed by atoms with van der Waals surface area (Å²) in [6.45, 7) is 7.81. The number of methoxy groups -OCH3 is 1. The van der Waals surface area contributed by atoms with Crippen molar-refractivity contribution in [3.63, 3.8) is 0 Å². The van der Waals surface area contributed by atoms with Gasteiger partial charge in [-0.25, -0.2) is 0 Å². The first-order valence-electron chi connectivity index (χ1n) is 13.0. The molecule has 5 rings (SSSR count). The fourth-order valence-electron chi connectivity index (χ4n) is 5.48. The van der Waals surface area contributed by atoms with Crippen molar-refractivity contribution in [3.8, 4) is 28.5 Å². The molecule has 0 bridgehead atoms. The predicted molar refractivity (Wildman–Crippen MR) is 140 cm³/mol. The molecule has 2 aliphatic rings. The third kappa shape index (κ3) is 4.66. The van der Waals surface area contributed by atoms with Gasteiger partial charge in [0.05, 0.1) is 25.9 Å². The van der Waals surface area contributed by atoms with Crippen molar-refractivity contribution >= 4 is 5.91 Å². The monoisotopic (exact) mass is 505 g/mol. The quantitative estimate of drug-likeness (QED) is 0.383. The fraction of sp³-hybridized carbons (Fsp3) is 0.448. The minimum atomic E-state index is -0.417. The van der Waals surface area contributed by atoms with Gasteiger partial charge in [-0.05, 0) is 68.0 Å². The number of nitrogens with one attached hydrogen (secondary N) is 1. The first-order valence-corrected chi connectivity index (χ1v) is 13.0. The van der Waals surface area contributed by atoms with E-state index in [1.165, 1.54) is 0 Å². The van der Waals surface area contributed by atoms with Gasteiger partial charge in [0.25, 0.3) is 5.91 Å². The summed E-state index contributed by atoms with van der Waals surface area (Å²) in [7, 11) is 1.62. The number of phenolic OH excluding ortho intramolecular Hbond substituents is 1. The second-order valence-electron chi connectivity index (χ2n) is 9.94. The number of benzene rings is 2. The maximum absolute atomic E-state index is 13.7. The van der Waals surface area contributed by atoms with E-state index in [2.05, 4.69) is 17.1 Å². The lowest BCUT2D eigenvalue weighted by atomic mass is 9.93. The summed E-state index contributed by atoms with van der Waals surface area (Å²) in [5.41, 5.74) is 5.16. The van der Waals surface area contributed by atoms with Gasteiger partial charge in [-0.1, -0.05) is 25.5 Å². The Balaban J connectivity index is 1.62. The number of aromatic nitrogens is 2. The molecule has 2 N–H and O–H groups in total. The Kier molecular flexibility index (Phi) is 7.11. The summed E-state index contributed by atoms with van der Waals surface area (Å²) in [6, 6.07) is 9.15. The van der Waals surface area contributed by atoms with Gasteiger partial charge in [0, 0.05) is 24.3 Å². The molecule has 2 atom stereocenters. The molecule has 0 spiro atoms. The Labute approximate surface area is 217 Å². The molecule has 8 heteroatoms. The van der Waals surface area contributed by atoms with Crippen LogP contribution in [0.3, 0.4) is 0 Å². The molecule has 0 saturated carbocycles. The average molecular weight is 506 g/mol. The number of amides is 1. The third-order valence-corrected chi connectivity index (χ3v) is 7.24. The van der Waals surface area contributed by atoms with E-state index in [0.29, 0.717) is 48.2 Å². The van der Waals surface area contributed by atoms with Crippen molar-refractivity contribution in [2.24, 2.45) is 0 Å². The summed E-state index contributed by atoms with van der Waals surface area (Å²) in [6.07, 6.45) is 3.89. The fourth-order valence-corrected chi connectivity index (χ4v) is 5.48. The van der Waals surface area contributed by atoms with Crippen molar-refractivity contribution in [2.75, 3.05) is 26.9 Å². The van der Waals surface area contributed by atoms with E-state index in [1.807, 2.05) is 43.0 Å². The molecular weight excluding hydrogens is 470 g/mol. The van der Waals surface area contributed by atoms with E-state index < -0.39 is 6.04 Å². The Bertz CT molecular complexity index is 1270. The lowest BCUT2D eigenvalue weighted by Crippen LogP contribution is -2.36. The van der Waals surface area contributed by atoms with E-state index in [1.54, 1.807) is 13.2 Å². The largest absolute Gasteiger partial charge is 0.507 e. The Morgan fingerprint density at radius 3 is 2.76 bits per heavy atom. The van der Waals surface area contributed by atoms with Gasteiger partial charge in [0.15, 0.2) is 11.5 Å². The number of fused-ring (bicyclic) bond motifs is 1. The topological polar surface area (TPSA) is 96.9 Å². The lowest BCUT2D eigenvalue weighted by Gasteiger charge is -2.29. The minimum absolute atomic E-state index is 0.0140. The van der Waals surface area contributed by atoms with Gasteiger partial charge in [0.1, 0.15) is 17.1 Å². The number of hydrogen-bond donors (Lipinski definition) is 2. The molecule has 1 fully saturated rings. The van der Waals surface area contributed by atoms with Crippen molar-refractivity contribution in [2.45, 2.75) is 58.6 Å². The normalized spacial score (nSPS) is 18.9. The summed E-state index contributed by atoms with van der Waals surface area (Å²) in [5, 5.41) is 18.4. The highest BCUT2D eigenvalue weighted by molar-refractivity contribution is 6.00. The molecule has 8 nitrogen and oxygen atoms in total. The highest BCUT2D eigenvalue weighted by Gasteiger charge is 2.44. The molecule has 0 aliphatic carbocycles. The molecular formula is C29H35N3O5. The van der Waals surface area contributed by atoms with Gasteiger partial charge in [-0.2, -0.15) is 5.10 Å². The first-order chi connectivity index (χ1) is 17.9. The molecule has 2 aromatic carbocycles. The molecule has 2 unspecified atom stereocenters. The van der Waals surface area contributed by atoms with Crippen LogP contribution in [0.25, 0.3) is 11.3 Å². The van der Waals surface area contributed by atoms with Crippen LogP contribution < -0.4 is 9.47 Å². The molecule has 0 radical (unpaired) electrons. The smallest absolute Gasteiger partial charge is 0.273 e. The van der Waals surface area contributed by atoms with Crippen molar-refractivity contribution < 1.29 is 24.1 Å². The summed E-state index contributed by atoms with van der Waals surface area (Å²) in [5.74, 6) is 1.31. The van der Waals surface area contributed by atoms with Crippen LogP contribution in [0.2, 0.25) is 0 Å². The Morgan fingerprint density at radius 1 is 1.22 bits per heavy atom. The molecule has 1 saturated heterocycles. The van der Waals surface area contributed by atoms with E-state index in [9.17, 15) is 9.90 Å². The highest BCUT2D eigenvalue weighted by Crippen LogP contribution is 2.47. The summed E-state index contributed by atoms with van der Waals surface area (Å²) < 4.78 is 17.5. The Morgan fingerprint density at radius 2 is 2.05 bits per heavy atom. The van der Waals surface area contributed by atoms with Crippen LogP contribution in [0.1, 0.15) is 71.4 Å². The average Bonchev–Trinajstić information content (AvgIpc) is 3.59. The zero-order valence-electron chi connectivity index (χ0n) is 22.0. The van der Waals surface area contributed by atoms with Gasteiger partial charge in [0.2, 0.25) is 0 Å². The number of rotatable bonds is 9. The van der Waals surface area contributed by atoms with Gasteiger partial charge < -0.3 is 24.2 Å². The Hall–Kier alpha value is -3.52. The van der Waals surface area contributed by atoms with Crippen LogP contribution in [0.5, 0.6) is 17.2 Å². The molecule has 3 aromatic rings. The molecule has 196 valence electrons. The lowest BCUT2D eigenvalue weighted by molar-refractivity contribution is 0.0495. The maximum atomic E-state index is 13.7. The number of aromatic amines is 1. The van der Waals surface area contributed by atoms with Gasteiger partial charge >= 0.3 is 0 Å². The van der Waals surface area contributed by atoms with Crippen molar-refractivity contribution in [1.82, 2.24) is 15.1 Å². The van der Waals surface area contributed by atoms with E-state index in [4.69, 9.17) is 14.2 Å². The number of aromatic hydroxyl groups is 1. The van der Waals surface area contributed by atoms with E-state index in [0.717, 1.165) is 47.9 Å². The van der Waals surface area contributed by atoms with Crippen molar-refractivity contribution in [1.29, 1.82) is 0 Å². The van der Waals surface area contributed by atoms with Crippen LogP contribution in [0, 0.1) is 13.8 Å². The SMILES string of the molecule is CCCCOc1ccc(C2c3c(-c4c(C)cc(C)cc4O)n[nH]c3C(=O)N2CC2CCCO2)cc1OC. The minimum Gasteiger partial charge on any atom is -0.507 e. The first kappa shape index (κ1) is 25.1. The van der Waals surface area contributed by atoms with Crippen LogP contribution in [-0.2, 0) is 4.74 Å². The zero-order chi connectivity index (χ0) is 26.1. The number of H-pyrrole nitrogens is 1. The van der Waals surface area contributed by atoms with E-state index in [-0.39, 0.29) is 17.8 Å². The molecule has 3 heterocycles. The molecule has 37 heavy (non-hydrogen) atoms. The summed E-state index contributed by atoms with van der Waals surface area (Å²) >= 11 is 0. The second kappa shape index (κ2) is 10.5. The standard InChI is InChI=1S/C29H35N3O5/c1-5-6-11-37-22-10-9-19(15-23(22)35-4)28-25-26(24-18(3)13-17(2)14-21(24)33)30-31-27(25)29(34)32(28)16-20-8-7-12-36-20/h9-10,13-15,20,28,33H,5-8,11-12,16H2,1-4H3,(H,30,31). The third-order valence-electron chi connectivity index (χ3n) is 7.24. The van der Waals surface area contributed by atoms with E-state index >= 15 is 0 Å². The highest BCUT2D eigenvalue weighted by atomic mass is 16.5. The number of unbranched alkanes of at least 4 members (excludes halogenated alkanes) is 1. The zero-order valence-corrected chi connectivity index (χ0v) is 22.0. The summed E-state index contributed by atoms with van der Waals surface area (Å²) in [4.78, 5) is 15.6. The van der Waals surface area contributed by atoms with Gasteiger partial charge in [-0.3, -0.25) is 9.89 Å². The van der Waals surface area contributed by atoms with Crippen LogP contribution in [-0.4, -0.2) is 59.1 Å². The number of ether oxygens (including phenoxy) is 3. The maximum Gasteiger partial charge on any atom is 0.273 e. The van der Waals surface area contributed by atoms with Crippen molar-refractivity contribution in [3.05, 3.63) is 58.3 Å². The number of aryl methyl sites for hydroxylation is 2. The molecule has 2 aliphatic heterocycles. The second-order valence-corrected chi connectivity index (χ2v) is 9.94. The number of carbonyl (C=O) groups excluding carboxylic acids is 1. The predicted octanol–water partition coefficient (Wildman–Crippen LogP) is 5.31. The van der Waals surface area contributed by atoms with Crippen LogP contribution in [0.4, 0.5) is 0 Å². The number of nitrogens with zero attached hydrogens (tertiary/aromatic N) is 2. The number of hydrogen-bond acceptors (Lipinski definition) is 6. The number of phenols is 1. The number of carbonyl (C=O) groups is 1. The van der Waals surface area contributed by atoms with Gasteiger partial charge in [-0.15, -0.1) is 0 Å². The molecule has 1 amide bonds.